The maximum atomic E-state index is 13.4. The number of hydrogen-bond acceptors (Lipinski definition) is 2. The quantitative estimate of drug-likeness (QED) is 0.779. The third kappa shape index (κ3) is 2.18. The molecule has 0 heterocycles. The van der Waals surface area contributed by atoms with Gasteiger partial charge in [-0.1, -0.05) is 18.2 Å². The fourth-order valence-electron chi connectivity index (χ4n) is 1.66. The minimum absolute atomic E-state index is 0.135. The Labute approximate surface area is 102 Å². The summed E-state index contributed by atoms with van der Waals surface area (Å²) in [7, 11) is 0. The van der Waals surface area contributed by atoms with Gasteiger partial charge in [0.1, 0.15) is 17.9 Å². The topological polar surface area (TPSA) is 34.1 Å². The van der Waals surface area contributed by atoms with Crippen molar-refractivity contribution in [1.29, 1.82) is 0 Å². The van der Waals surface area contributed by atoms with Crippen LogP contribution in [0.1, 0.15) is 20.7 Å². The lowest BCUT2D eigenvalue weighted by Gasteiger charge is -2.05. The number of carbonyl (C=O) groups is 2. The van der Waals surface area contributed by atoms with Crippen LogP contribution in [0, 0.1) is 11.6 Å². The first-order valence-corrected chi connectivity index (χ1v) is 5.15. The normalized spacial score (nSPS) is 10.1. The summed E-state index contributed by atoms with van der Waals surface area (Å²) in [5.41, 5.74) is 0.604. The monoisotopic (exact) mass is 246 g/mol. The second-order valence-electron chi connectivity index (χ2n) is 3.71. The summed E-state index contributed by atoms with van der Waals surface area (Å²) in [6.07, 6.45) is 0.784. The lowest BCUT2D eigenvalue weighted by molar-refractivity contribution is 0.111. The highest BCUT2D eigenvalue weighted by atomic mass is 19.1. The van der Waals surface area contributed by atoms with Gasteiger partial charge >= 0.3 is 0 Å². The zero-order chi connectivity index (χ0) is 13.1. The number of halogens is 2. The second kappa shape index (κ2) is 4.87. The zero-order valence-electron chi connectivity index (χ0n) is 9.19. The van der Waals surface area contributed by atoms with E-state index < -0.39 is 17.2 Å². The molecule has 0 fully saturated rings. The summed E-state index contributed by atoms with van der Waals surface area (Å²) in [5.74, 6) is -1.84. The maximum absolute atomic E-state index is 13.4. The Morgan fingerprint density at radius 1 is 0.833 bits per heavy atom. The summed E-state index contributed by atoms with van der Waals surface area (Å²) < 4.78 is 26.9. The molecule has 0 bridgehead atoms. The number of hydrogen-bond donors (Lipinski definition) is 0. The van der Waals surface area contributed by atoms with Crippen molar-refractivity contribution in [3.63, 3.8) is 0 Å². The third-order valence-electron chi connectivity index (χ3n) is 2.55. The van der Waals surface area contributed by atoms with E-state index in [0.717, 1.165) is 12.1 Å². The summed E-state index contributed by atoms with van der Waals surface area (Å²) in [6, 6.07) is 8.47. The molecule has 0 radical (unpaired) electrons. The number of aldehydes is 2. The molecule has 0 aliphatic rings. The Kier molecular flexibility index (Phi) is 3.28. The van der Waals surface area contributed by atoms with Crippen molar-refractivity contribution in [3.05, 3.63) is 59.2 Å². The SMILES string of the molecule is O=Cc1cccc(-c2cc(F)c(C=O)c(F)c2)c1. The first kappa shape index (κ1) is 12.1. The van der Waals surface area contributed by atoms with E-state index in [1.54, 1.807) is 18.2 Å². The van der Waals surface area contributed by atoms with Gasteiger partial charge < -0.3 is 0 Å². The molecule has 18 heavy (non-hydrogen) atoms. The molecular formula is C14H8F2O2. The minimum atomic E-state index is -0.920. The van der Waals surface area contributed by atoms with Crippen molar-refractivity contribution in [2.45, 2.75) is 0 Å². The highest BCUT2D eigenvalue weighted by Crippen LogP contribution is 2.24. The van der Waals surface area contributed by atoms with Gasteiger partial charge in [0.05, 0.1) is 5.56 Å². The Morgan fingerprint density at radius 3 is 2.06 bits per heavy atom. The van der Waals surface area contributed by atoms with Crippen molar-refractivity contribution < 1.29 is 18.4 Å². The molecule has 0 aliphatic carbocycles. The molecular weight excluding hydrogens is 238 g/mol. The molecule has 90 valence electrons. The van der Waals surface area contributed by atoms with Crippen LogP contribution in [0.3, 0.4) is 0 Å². The van der Waals surface area contributed by atoms with Crippen molar-refractivity contribution >= 4 is 12.6 Å². The Bertz CT molecular complexity index is 598. The molecule has 0 amide bonds. The van der Waals surface area contributed by atoms with Crippen LogP contribution in [0.5, 0.6) is 0 Å². The highest BCUT2D eigenvalue weighted by Gasteiger charge is 2.11. The van der Waals surface area contributed by atoms with E-state index in [1.807, 2.05) is 0 Å². The van der Waals surface area contributed by atoms with Gasteiger partial charge in [0.15, 0.2) is 6.29 Å². The summed E-state index contributed by atoms with van der Waals surface area (Å²) in [4.78, 5) is 21.1. The number of benzene rings is 2. The predicted molar refractivity (Wildman–Crippen MR) is 62.6 cm³/mol. The lowest BCUT2D eigenvalue weighted by Crippen LogP contribution is -1.95. The van der Waals surface area contributed by atoms with Crippen molar-refractivity contribution in [3.8, 4) is 11.1 Å². The molecule has 0 aromatic heterocycles. The molecule has 0 atom stereocenters. The highest BCUT2D eigenvalue weighted by molar-refractivity contribution is 5.81. The summed E-state index contributed by atoms with van der Waals surface area (Å²) in [6.45, 7) is 0. The molecule has 0 spiro atoms. The van der Waals surface area contributed by atoms with Crippen LogP contribution in [-0.2, 0) is 0 Å². The molecule has 0 unspecified atom stereocenters. The summed E-state index contributed by atoms with van der Waals surface area (Å²) >= 11 is 0. The van der Waals surface area contributed by atoms with Gasteiger partial charge in [-0.2, -0.15) is 0 Å². The molecule has 2 aromatic rings. The first-order valence-electron chi connectivity index (χ1n) is 5.15. The molecule has 2 rings (SSSR count). The van der Waals surface area contributed by atoms with Gasteiger partial charge in [0.2, 0.25) is 0 Å². The van der Waals surface area contributed by atoms with Crippen molar-refractivity contribution in [2.75, 3.05) is 0 Å². The average molecular weight is 246 g/mol. The summed E-state index contributed by atoms with van der Waals surface area (Å²) in [5, 5.41) is 0. The van der Waals surface area contributed by atoms with Crippen LogP contribution in [0.2, 0.25) is 0 Å². The molecule has 0 N–H and O–H groups in total. The molecule has 0 aliphatic heterocycles. The number of carbonyl (C=O) groups excluding carboxylic acids is 2. The van der Waals surface area contributed by atoms with Gasteiger partial charge in [0.25, 0.3) is 0 Å². The predicted octanol–water partition coefficient (Wildman–Crippen LogP) is 3.26. The smallest absolute Gasteiger partial charge is 0.155 e. The van der Waals surface area contributed by atoms with Gasteiger partial charge in [-0.3, -0.25) is 9.59 Å². The minimum Gasteiger partial charge on any atom is -0.298 e. The fraction of sp³-hybridized carbons (Fsp3) is 0. The largest absolute Gasteiger partial charge is 0.298 e. The Balaban J connectivity index is 2.57. The van der Waals surface area contributed by atoms with Crippen LogP contribution in [-0.4, -0.2) is 12.6 Å². The average Bonchev–Trinajstić information content (AvgIpc) is 2.38. The first-order chi connectivity index (χ1) is 8.65. The van der Waals surface area contributed by atoms with Crippen LogP contribution < -0.4 is 0 Å². The van der Waals surface area contributed by atoms with Gasteiger partial charge in [0, 0.05) is 5.56 Å². The Hall–Kier alpha value is -2.36. The van der Waals surface area contributed by atoms with Crippen LogP contribution in [0.25, 0.3) is 11.1 Å². The van der Waals surface area contributed by atoms with Crippen LogP contribution in [0.4, 0.5) is 8.78 Å². The zero-order valence-corrected chi connectivity index (χ0v) is 9.19. The van der Waals surface area contributed by atoms with Crippen molar-refractivity contribution in [2.24, 2.45) is 0 Å². The lowest BCUT2D eigenvalue weighted by atomic mass is 10.0. The van der Waals surface area contributed by atoms with E-state index in [1.165, 1.54) is 6.07 Å². The van der Waals surface area contributed by atoms with E-state index in [9.17, 15) is 18.4 Å². The molecule has 0 saturated carbocycles. The van der Waals surface area contributed by atoms with Crippen LogP contribution in [0.15, 0.2) is 36.4 Å². The molecule has 2 nitrogen and oxygen atoms in total. The maximum Gasteiger partial charge on any atom is 0.155 e. The third-order valence-corrected chi connectivity index (χ3v) is 2.55. The molecule has 0 saturated heterocycles. The standard InChI is InChI=1S/C14H8F2O2/c15-13-5-11(6-14(16)12(13)8-18)10-3-1-2-9(4-10)7-17/h1-8H. The molecule has 2 aromatic carbocycles. The van der Waals surface area contributed by atoms with E-state index in [2.05, 4.69) is 0 Å². The van der Waals surface area contributed by atoms with E-state index in [-0.39, 0.29) is 11.8 Å². The fourth-order valence-corrected chi connectivity index (χ4v) is 1.66. The van der Waals surface area contributed by atoms with Crippen LogP contribution >= 0.6 is 0 Å². The second-order valence-corrected chi connectivity index (χ2v) is 3.71. The van der Waals surface area contributed by atoms with Gasteiger partial charge in [-0.15, -0.1) is 0 Å². The Morgan fingerprint density at radius 2 is 1.50 bits per heavy atom. The van der Waals surface area contributed by atoms with Gasteiger partial charge in [-0.25, -0.2) is 8.78 Å². The van der Waals surface area contributed by atoms with E-state index in [4.69, 9.17) is 0 Å². The molecule has 4 heteroatoms. The number of rotatable bonds is 3. The van der Waals surface area contributed by atoms with Crippen molar-refractivity contribution in [1.82, 2.24) is 0 Å². The van der Waals surface area contributed by atoms with Gasteiger partial charge in [-0.05, 0) is 29.3 Å². The van der Waals surface area contributed by atoms with E-state index >= 15 is 0 Å². The van der Waals surface area contributed by atoms with E-state index in [0.29, 0.717) is 17.4 Å².